The molecule has 132 valence electrons. The van der Waals surface area contributed by atoms with Crippen LogP contribution < -0.4 is 4.74 Å². The maximum absolute atomic E-state index is 9.47. The topological polar surface area (TPSA) is 60.2 Å². The predicted molar refractivity (Wildman–Crippen MR) is 101 cm³/mol. The molecule has 25 heavy (non-hydrogen) atoms. The molecule has 1 aromatic carbocycles. The van der Waals surface area contributed by atoms with Crippen molar-refractivity contribution >= 4 is 11.3 Å². The summed E-state index contributed by atoms with van der Waals surface area (Å²) >= 11 is 1.69. The molecule has 0 spiro atoms. The molecule has 0 saturated carbocycles. The Labute approximate surface area is 152 Å². The van der Waals surface area contributed by atoms with Gasteiger partial charge >= 0.3 is 0 Å². The molecule has 0 aliphatic rings. The lowest BCUT2D eigenvalue weighted by atomic mass is 10.1. The molecule has 5 nitrogen and oxygen atoms in total. The molecule has 0 saturated heterocycles. The first-order valence-corrected chi connectivity index (χ1v) is 9.15. The number of benzene rings is 1. The highest BCUT2D eigenvalue weighted by molar-refractivity contribution is 7.15. The van der Waals surface area contributed by atoms with Crippen LogP contribution in [-0.2, 0) is 0 Å². The Morgan fingerprint density at radius 2 is 2.04 bits per heavy atom. The monoisotopic (exact) mass is 357 g/mol. The highest BCUT2D eigenvalue weighted by atomic mass is 32.1. The second-order valence-electron chi connectivity index (χ2n) is 6.32. The van der Waals surface area contributed by atoms with Gasteiger partial charge in [0.2, 0.25) is 0 Å². The quantitative estimate of drug-likeness (QED) is 0.712. The summed E-state index contributed by atoms with van der Waals surface area (Å²) < 4.78 is 7.54. The molecule has 2 heterocycles. The van der Waals surface area contributed by atoms with Crippen LogP contribution in [0.15, 0.2) is 36.8 Å². The van der Waals surface area contributed by atoms with Gasteiger partial charge in [-0.05, 0) is 25.1 Å². The summed E-state index contributed by atoms with van der Waals surface area (Å²) in [5.74, 6) is 2.05. The minimum atomic E-state index is -0.0287. The molecule has 1 atom stereocenters. The predicted octanol–water partition coefficient (Wildman–Crippen LogP) is 4.36. The number of hydrogen-bond acceptors (Lipinski definition) is 5. The molecule has 0 aliphatic carbocycles. The van der Waals surface area contributed by atoms with Gasteiger partial charge in [-0.25, -0.2) is 9.97 Å². The summed E-state index contributed by atoms with van der Waals surface area (Å²) in [6, 6.07) is 6.01. The maximum Gasteiger partial charge on any atom is 0.140 e. The number of nitrogens with zero attached hydrogens (tertiary/aromatic N) is 3. The third kappa shape index (κ3) is 3.45. The summed E-state index contributed by atoms with van der Waals surface area (Å²) in [4.78, 5) is 10.1. The second kappa shape index (κ2) is 7.37. The molecule has 0 radical (unpaired) electrons. The lowest BCUT2D eigenvalue weighted by Crippen LogP contribution is -2.09. The van der Waals surface area contributed by atoms with Crippen molar-refractivity contribution in [2.45, 2.75) is 32.7 Å². The molecule has 0 aliphatic heterocycles. The normalized spacial score (nSPS) is 12.6. The van der Waals surface area contributed by atoms with Gasteiger partial charge in [0, 0.05) is 35.6 Å². The minimum Gasteiger partial charge on any atom is -0.496 e. The van der Waals surface area contributed by atoms with Crippen molar-refractivity contribution in [3.8, 4) is 27.6 Å². The Morgan fingerprint density at radius 1 is 1.24 bits per heavy atom. The number of hydrogen-bond donors (Lipinski definition) is 1. The number of aliphatic hydroxyl groups excluding tert-OH is 1. The average Bonchev–Trinajstić information content (AvgIpc) is 3.30. The minimum absolute atomic E-state index is 0.0287. The van der Waals surface area contributed by atoms with Crippen LogP contribution in [0, 0.1) is 0 Å². The van der Waals surface area contributed by atoms with E-state index in [1.54, 1.807) is 24.6 Å². The largest absolute Gasteiger partial charge is 0.496 e. The first kappa shape index (κ1) is 17.6. The fourth-order valence-electron chi connectivity index (χ4n) is 2.70. The Hall–Kier alpha value is -2.18. The van der Waals surface area contributed by atoms with Crippen LogP contribution in [0.25, 0.3) is 21.8 Å². The van der Waals surface area contributed by atoms with E-state index in [0.717, 1.165) is 32.6 Å². The molecule has 0 fully saturated rings. The van der Waals surface area contributed by atoms with E-state index in [1.807, 2.05) is 36.0 Å². The number of methoxy groups -OCH3 is 1. The van der Waals surface area contributed by atoms with E-state index >= 15 is 0 Å². The van der Waals surface area contributed by atoms with Crippen molar-refractivity contribution < 1.29 is 9.84 Å². The van der Waals surface area contributed by atoms with Crippen molar-refractivity contribution in [1.82, 2.24) is 14.5 Å². The molecule has 1 unspecified atom stereocenters. The van der Waals surface area contributed by atoms with E-state index in [4.69, 9.17) is 4.74 Å². The van der Waals surface area contributed by atoms with Gasteiger partial charge in [0.1, 0.15) is 11.6 Å². The highest BCUT2D eigenvalue weighted by Gasteiger charge is 2.16. The zero-order chi connectivity index (χ0) is 18.0. The standard InChI is InChI=1S/C19H23N3O2S/c1-12(2)19-21-10-17(25-19)15-9-14(5-6-16(15)24-4)18-20-7-8-22(18)13(3)11-23/h5-10,12-13,23H,11H2,1-4H3. The number of imidazole rings is 1. The van der Waals surface area contributed by atoms with Crippen LogP contribution in [0.1, 0.15) is 37.7 Å². The first-order chi connectivity index (χ1) is 12.0. The summed E-state index contributed by atoms with van der Waals surface area (Å²) in [5.41, 5.74) is 2.00. The van der Waals surface area contributed by atoms with Gasteiger partial charge in [-0.2, -0.15) is 0 Å². The van der Waals surface area contributed by atoms with Crippen molar-refractivity contribution in [1.29, 1.82) is 0 Å². The third-order valence-corrected chi connectivity index (χ3v) is 5.48. The molecular formula is C19H23N3O2S. The van der Waals surface area contributed by atoms with E-state index in [0.29, 0.717) is 5.92 Å². The summed E-state index contributed by atoms with van der Waals surface area (Å²) in [7, 11) is 1.68. The van der Waals surface area contributed by atoms with Gasteiger partial charge in [-0.3, -0.25) is 0 Å². The van der Waals surface area contributed by atoms with Crippen LogP contribution in [0.4, 0.5) is 0 Å². The van der Waals surface area contributed by atoms with Crippen molar-refractivity contribution in [3.05, 3.63) is 41.8 Å². The zero-order valence-electron chi connectivity index (χ0n) is 14.9. The Kier molecular flexibility index (Phi) is 5.20. The molecule has 2 aromatic heterocycles. The number of ether oxygens (including phenoxy) is 1. The Morgan fingerprint density at radius 3 is 2.68 bits per heavy atom. The highest BCUT2D eigenvalue weighted by Crippen LogP contribution is 2.38. The molecular weight excluding hydrogens is 334 g/mol. The van der Waals surface area contributed by atoms with Crippen LogP contribution in [0.5, 0.6) is 5.75 Å². The van der Waals surface area contributed by atoms with E-state index in [-0.39, 0.29) is 12.6 Å². The van der Waals surface area contributed by atoms with Gasteiger partial charge in [0.05, 0.1) is 29.6 Å². The summed E-state index contributed by atoms with van der Waals surface area (Å²) in [5, 5.41) is 10.6. The van der Waals surface area contributed by atoms with Crippen molar-refractivity contribution in [3.63, 3.8) is 0 Å². The van der Waals surface area contributed by atoms with Crippen LogP contribution in [0.3, 0.4) is 0 Å². The molecule has 0 bridgehead atoms. The van der Waals surface area contributed by atoms with Gasteiger partial charge in [-0.15, -0.1) is 11.3 Å². The van der Waals surface area contributed by atoms with E-state index < -0.39 is 0 Å². The van der Waals surface area contributed by atoms with E-state index in [9.17, 15) is 5.11 Å². The van der Waals surface area contributed by atoms with E-state index in [2.05, 4.69) is 29.9 Å². The fraction of sp³-hybridized carbons (Fsp3) is 0.368. The lowest BCUT2D eigenvalue weighted by molar-refractivity contribution is 0.240. The molecule has 0 amide bonds. The van der Waals surface area contributed by atoms with Gasteiger partial charge < -0.3 is 14.4 Å². The Balaban J connectivity index is 2.08. The summed E-state index contributed by atoms with van der Waals surface area (Å²) in [6.45, 7) is 6.32. The molecule has 3 aromatic rings. The Bertz CT molecular complexity index is 854. The molecule has 6 heteroatoms. The average molecular weight is 357 g/mol. The van der Waals surface area contributed by atoms with Crippen molar-refractivity contribution in [2.75, 3.05) is 13.7 Å². The van der Waals surface area contributed by atoms with Crippen molar-refractivity contribution in [2.24, 2.45) is 0 Å². The molecule has 3 rings (SSSR count). The van der Waals surface area contributed by atoms with Crippen LogP contribution in [0.2, 0.25) is 0 Å². The van der Waals surface area contributed by atoms with Crippen LogP contribution >= 0.6 is 11.3 Å². The third-order valence-electron chi connectivity index (χ3n) is 4.15. The number of thiazole rings is 1. The second-order valence-corrected chi connectivity index (χ2v) is 7.38. The SMILES string of the molecule is COc1ccc(-c2nccn2C(C)CO)cc1-c1cnc(C(C)C)s1. The first-order valence-electron chi connectivity index (χ1n) is 8.33. The van der Waals surface area contributed by atoms with Gasteiger partial charge in [0.15, 0.2) is 0 Å². The number of aliphatic hydroxyl groups is 1. The lowest BCUT2D eigenvalue weighted by Gasteiger charge is -2.15. The number of aromatic nitrogens is 3. The maximum atomic E-state index is 9.47. The van der Waals surface area contributed by atoms with Crippen LogP contribution in [-0.4, -0.2) is 33.4 Å². The zero-order valence-corrected chi connectivity index (χ0v) is 15.7. The summed E-state index contributed by atoms with van der Waals surface area (Å²) in [6.07, 6.45) is 5.56. The number of rotatable bonds is 6. The van der Waals surface area contributed by atoms with Gasteiger partial charge in [0.25, 0.3) is 0 Å². The molecule has 1 N–H and O–H groups in total. The fourth-order valence-corrected chi connectivity index (χ4v) is 3.64. The smallest absolute Gasteiger partial charge is 0.140 e. The van der Waals surface area contributed by atoms with Gasteiger partial charge in [-0.1, -0.05) is 13.8 Å². The van der Waals surface area contributed by atoms with E-state index in [1.165, 1.54) is 0 Å².